The second-order valence-corrected chi connectivity index (χ2v) is 20.1. The van der Waals surface area contributed by atoms with E-state index >= 15 is 0 Å². The topological polar surface area (TPSA) is 216 Å². The summed E-state index contributed by atoms with van der Waals surface area (Å²) in [6.07, 6.45) is 3.74. The van der Waals surface area contributed by atoms with Crippen LogP contribution in [0.15, 0.2) is 72.4 Å². The second-order valence-electron chi connectivity index (χ2n) is 19.2. The molecule has 5 aromatic rings. The number of nitrogens with two attached hydrogens (primary N) is 1. The molecule has 17 heteroatoms. The molecule has 348 valence electrons. The molecular weight excluding hydrogens is 855 g/mol. The first-order chi connectivity index (χ1) is 31.5. The average Bonchev–Trinajstić information content (AvgIpc) is 3.92. The second kappa shape index (κ2) is 19.3. The first-order valence-electron chi connectivity index (χ1n) is 22.9. The maximum Gasteiger partial charge on any atom is 0.246 e. The molecule has 0 radical (unpaired) electrons. The van der Waals surface area contributed by atoms with Gasteiger partial charge < -0.3 is 41.3 Å². The summed E-state index contributed by atoms with van der Waals surface area (Å²) in [5, 5.41) is 35.7. The molecule has 0 bridgehead atoms. The molecule has 66 heavy (non-hydrogen) atoms. The summed E-state index contributed by atoms with van der Waals surface area (Å²) in [7, 11) is 0. The third kappa shape index (κ3) is 9.96. The molecule has 2 saturated heterocycles. The molecule has 3 amide bonds. The van der Waals surface area contributed by atoms with E-state index in [0.717, 1.165) is 51.9 Å². The highest BCUT2D eigenvalue weighted by molar-refractivity contribution is 7.13. The molecule has 1 saturated carbocycles. The van der Waals surface area contributed by atoms with E-state index in [1.54, 1.807) is 29.5 Å². The van der Waals surface area contributed by atoms with Crippen molar-refractivity contribution >= 4 is 46.4 Å². The van der Waals surface area contributed by atoms with Crippen molar-refractivity contribution in [3.05, 3.63) is 89.5 Å². The number of rotatable bonds is 11. The Labute approximate surface area is 390 Å². The minimum absolute atomic E-state index is 0.0122. The molecule has 3 aromatic heterocycles. The van der Waals surface area contributed by atoms with Gasteiger partial charge in [0.15, 0.2) is 5.82 Å². The highest BCUT2D eigenvalue weighted by Gasteiger charge is 2.45. The third-order valence-electron chi connectivity index (χ3n) is 13.3. The van der Waals surface area contributed by atoms with Crippen molar-refractivity contribution in [3.8, 4) is 27.4 Å². The number of aryl methyl sites for hydroxylation is 1. The van der Waals surface area contributed by atoms with Gasteiger partial charge in [-0.25, -0.2) is 15.0 Å². The number of phenols is 1. The number of thiazole rings is 1. The number of nitrogens with one attached hydrogen (secondary N) is 2. The number of piperazine rings is 1. The Kier molecular flexibility index (Phi) is 13.6. The van der Waals surface area contributed by atoms with Crippen LogP contribution in [0.4, 0.5) is 17.3 Å². The lowest BCUT2D eigenvalue weighted by Gasteiger charge is -2.46. The van der Waals surface area contributed by atoms with Crippen molar-refractivity contribution in [2.24, 2.45) is 11.3 Å². The average molecular weight is 916 g/mol. The monoisotopic (exact) mass is 915 g/mol. The highest BCUT2D eigenvalue weighted by atomic mass is 32.1. The van der Waals surface area contributed by atoms with Gasteiger partial charge in [-0.15, -0.1) is 21.5 Å². The zero-order valence-corrected chi connectivity index (χ0v) is 39.3. The molecule has 2 unspecified atom stereocenters. The largest absolute Gasteiger partial charge is 0.507 e. The molecule has 6 N–H and O–H groups in total. The van der Waals surface area contributed by atoms with Gasteiger partial charge >= 0.3 is 0 Å². The Morgan fingerprint density at radius 1 is 0.924 bits per heavy atom. The number of β-amino-alcohol motifs (C(OH)–C–C–N with tert-alkyl or cyclic N) is 1. The molecule has 3 aliphatic rings. The van der Waals surface area contributed by atoms with E-state index in [2.05, 4.69) is 49.5 Å². The Balaban J connectivity index is 0.865. The van der Waals surface area contributed by atoms with E-state index in [-0.39, 0.29) is 66.9 Å². The number of aliphatic hydroxyl groups excluding tert-OH is 1. The number of para-hydroxylation sites is 1. The van der Waals surface area contributed by atoms with Crippen LogP contribution in [0.3, 0.4) is 0 Å². The molecule has 1 aliphatic carbocycles. The van der Waals surface area contributed by atoms with Crippen LogP contribution < -0.4 is 26.2 Å². The number of nitrogen functional groups attached to an aromatic ring is 1. The number of hydrogen-bond acceptors (Lipinski definition) is 14. The van der Waals surface area contributed by atoms with E-state index in [4.69, 9.17) is 15.7 Å². The van der Waals surface area contributed by atoms with E-state index in [9.17, 15) is 24.6 Å². The highest BCUT2D eigenvalue weighted by Crippen LogP contribution is 2.38. The van der Waals surface area contributed by atoms with Crippen LogP contribution in [-0.4, -0.2) is 108 Å². The number of phenolic OH excluding ortho intramolecular Hbond substituents is 1. The minimum atomic E-state index is -0.902. The molecule has 5 atom stereocenters. The predicted molar refractivity (Wildman–Crippen MR) is 256 cm³/mol. The normalized spacial score (nSPS) is 22.8. The lowest BCUT2D eigenvalue weighted by molar-refractivity contribution is -0.144. The van der Waals surface area contributed by atoms with Gasteiger partial charge in [-0.2, -0.15) is 0 Å². The number of carbonyl (C=O) groups is 3. The van der Waals surface area contributed by atoms with Gasteiger partial charge in [0.1, 0.15) is 29.5 Å². The fraction of sp³-hybridized carbons (Fsp3) is 0.469. The molecule has 8 rings (SSSR count). The van der Waals surface area contributed by atoms with Crippen LogP contribution in [0.25, 0.3) is 21.7 Å². The number of hydrogen-bond donors (Lipinski definition) is 5. The smallest absolute Gasteiger partial charge is 0.246 e. The quantitative estimate of drug-likeness (QED) is 0.105. The van der Waals surface area contributed by atoms with E-state index in [0.29, 0.717) is 43.0 Å². The number of likely N-dealkylation sites (tertiary alicyclic amines) is 1. The molecule has 3 fully saturated rings. The van der Waals surface area contributed by atoms with Crippen LogP contribution in [0.2, 0.25) is 0 Å². The molecule has 2 aromatic carbocycles. The van der Waals surface area contributed by atoms with Gasteiger partial charge in [-0.3, -0.25) is 14.4 Å². The predicted octanol–water partition coefficient (Wildman–Crippen LogP) is 5.84. The summed E-state index contributed by atoms with van der Waals surface area (Å²) in [5.41, 5.74) is 12.4. The lowest BCUT2D eigenvalue weighted by atomic mass is 9.80. The van der Waals surface area contributed by atoms with Crippen LogP contribution >= 0.6 is 11.3 Å². The van der Waals surface area contributed by atoms with Crippen molar-refractivity contribution in [1.82, 2.24) is 40.7 Å². The molecule has 0 spiro atoms. The standard InChI is InChI=1S/C49H61N11O5S/c1-28-24-58(38-22-37(56-57-44(38)50)36-9-7-8-10-40(36)62)25-29(2)60(28)41-19-20-51-45(54-41)33-15-17-34(18-16-33)46(63)55-43(49(4,5)6)48(65)59-26-35(61)21-39(59)47(64)52-23-31-11-13-32(14-12-31)42-30(3)53-27-66-42/h7-14,19-20,22,27-29,33-35,39,43,61-62H,15-18,21,23-26H2,1-6H3,(H2,50,57)(H,52,64)(H,55,63)/t28?,29?,33-,34+,35-,39+,43-/m1/s1. The molecular formula is C49H61N11O5S. The van der Waals surface area contributed by atoms with Crippen molar-refractivity contribution < 1.29 is 24.6 Å². The van der Waals surface area contributed by atoms with Crippen LogP contribution in [0, 0.1) is 18.3 Å². The first kappa shape index (κ1) is 46.3. The van der Waals surface area contributed by atoms with Crippen molar-refractivity contribution in [2.75, 3.05) is 35.2 Å². The number of aromatic hydroxyl groups is 1. The number of amides is 3. The number of anilines is 3. The van der Waals surface area contributed by atoms with E-state index in [1.807, 2.05) is 81.9 Å². The van der Waals surface area contributed by atoms with Gasteiger partial charge in [0.05, 0.1) is 33.6 Å². The van der Waals surface area contributed by atoms with Crippen LogP contribution in [-0.2, 0) is 20.9 Å². The van der Waals surface area contributed by atoms with E-state index < -0.39 is 23.6 Å². The van der Waals surface area contributed by atoms with E-state index in [1.165, 1.54) is 4.90 Å². The Hall–Kier alpha value is -6.20. The number of nitrogens with zero attached hydrogens (tertiary/aromatic N) is 8. The number of aliphatic hydroxyl groups is 1. The Bertz CT molecular complexity index is 2530. The molecule has 16 nitrogen and oxygen atoms in total. The molecule has 5 heterocycles. The molecule has 2 aliphatic heterocycles. The maximum atomic E-state index is 14.3. The Morgan fingerprint density at radius 3 is 2.30 bits per heavy atom. The fourth-order valence-electron chi connectivity index (χ4n) is 9.80. The number of carbonyl (C=O) groups excluding carboxylic acids is 3. The first-order valence-corrected chi connectivity index (χ1v) is 23.8. The lowest BCUT2D eigenvalue weighted by Crippen LogP contribution is -2.58. The van der Waals surface area contributed by atoms with Crippen LogP contribution in [0.1, 0.15) is 89.7 Å². The minimum Gasteiger partial charge on any atom is -0.507 e. The van der Waals surface area contributed by atoms with Gasteiger partial charge in [0.2, 0.25) is 17.7 Å². The summed E-state index contributed by atoms with van der Waals surface area (Å²) in [4.78, 5) is 63.1. The van der Waals surface area contributed by atoms with Gasteiger partial charge in [-0.05, 0) is 87.3 Å². The third-order valence-corrected chi connectivity index (χ3v) is 14.3. The van der Waals surface area contributed by atoms with Crippen molar-refractivity contribution in [1.29, 1.82) is 0 Å². The summed E-state index contributed by atoms with van der Waals surface area (Å²) >= 11 is 1.58. The van der Waals surface area contributed by atoms with Gasteiger partial charge in [-0.1, -0.05) is 57.2 Å². The van der Waals surface area contributed by atoms with Crippen LogP contribution in [0.5, 0.6) is 5.75 Å². The number of benzene rings is 2. The van der Waals surface area contributed by atoms with Crippen molar-refractivity contribution in [2.45, 2.75) is 116 Å². The summed E-state index contributed by atoms with van der Waals surface area (Å²) in [6.45, 7) is 13.6. The zero-order valence-electron chi connectivity index (χ0n) is 38.5. The van der Waals surface area contributed by atoms with Crippen molar-refractivity contribution in [3.63, 3.8) is 0 Å². The van der Waals surface area contributed by atoms with Gasteiger partial charge in [0.25, 0.3) is 0 Å². The zero-order chi connectivity index (χ0) is 46.9. The number of aromatic nitrogens is 5. The SMILES string of the molecule is Cc1ncsc1-c1ccc(CNC(=O)[C@@H]2C[C@@H](O)CN2C(=O)[C@@H](NC(=O)[C@H]2CC[C@@H](c3nccc(N4C(C)CN(c5cc(-c6ccccc6O)nnc5N)CC4C)n3)CC2)C(C)(C)C)cc1. The summed E-state index contributed by atoms with van der Waals surface area (Å²) in [5.74, 6) is 0.918. The van der Waals surface area contributed by atoms with Gasteiger partial charge in [0, 0.05) is 68.3 Å². The fourth-order valence-corrected chi connectivity index (χ4v) is 10.6. The maximum absolute atomic E-state index is 14.3. The summed E-state index contributed by atoms with van der Waals surface area (Å²) in [6, 6.07) is 17.2. The Morgan fingerprint density at radius 2 is 1.64 bits per heavy atom. The summed E-state index contributed by atoms with van der Waals surface area (Å²) < 4.78 is 0.